The molecule has 0 amide bonds. The molecule has 1 aromatic heterocycles. The first-order valence-electron chi connectivity index (χ1n) is 9.08. The number of fused-ring (bicyclic) bond motifs is 2. The summed E-state index contributed by atoms with van der Waals surface area (Å²) in [6.45, 7) is 9.01. The molecule has 1 heterocycles. The highest BCUT2D eigenvalue weighted by molar-refractivity contribution is 7.25. The van der Waals surface area contributed by atoms with Crippen LogP contribution in [-0.4, -0.2) is 35.5 Å². The summed E-state index contributed by atoms with van der Waals surface area (Å²) in [4.78, 5) is 26.5. The van der Waals surface area contributed by atoms with Gasteiger partial charge < -0.3 is 22.6 Å². The fourth-order valence-electron chi connectivity index (χ4n) is 3.33. The minimum absolute atomic E-state index is 0. The maximum Gasteiger partial charge on any atom is 0.287 e. The zero-order chi connectivity index (χ0) is 19.6. The monoisotopic (exact) mass is 420 g/mol. The highest BCUT2D eigenvalue weighted by Gasteiger charge is 2.20. The van der Waals surface area contributed by atoms with E-state index in [4.69, 9.17) is 0 Å². The lowest BCUT2D eigenvalue weighted by atomic mass is 10.1. The van der Waals surface area contributed by atoms with Crippen LogP contribution in [-0.2, 0) is 0 Å². The van der Waals surface area contributed by atoms with E-state index >= 15 is 0 Å². The summed E-state index contributed by atoms with van der Waals surface area (Å²) in [5.41, 5.74) is 0.461. The molecule has 0 aliphatic heterocycles. The summed E-state index contributed by atoms with van der Waals surface area (Å²) in [7, 11) is 0. The van der Waals surface area contributed by atoms with Gasteiger partial charge in [0.05, 0.1) is 10.3 Å². The Morgan fingerprint density at radius 3 is 2.50 bits per heavy atom. The van der Waals surface area contributed by atoms with Crippen molar-refractivity contribution in [3.8, 4) is 0 Å². The van der Waals surface area contributed by atoms with E-state index in [0.29, 0.717) is 21.2 Å². The number of likely N-dealkylation sites (N-methyl/N-ethyl adjacent to an activating group) is 1. The molecule has 0 saturated heterocycles. The van der Waals surface area contributed by atoms with Crippen LogP contribution in [0.15, 0.2) is 41.2 Å². The maximum absolute atomic E-state index is 13.1. The van der Waals surface area contributed by atoms with Crippen molar-refractivity contribution >= 4 is 42.9 Å². The molecule has 1 unspecified atom stereocenters. The van der Waals surface area contributed by atoms with Gasteiger partial charge in [-0.2, -0.15) is 0 Å². The lowest BCUT2D eigenvalue weighted by molar-refractivity contribution is -0.382. The summed E-state index contributed by atoms with van der Waals surface area (Å²) >= 11 is 1.29. The SMILES string of the molecule is CCN(CC)CC(C)Nc1ccc([N+](=O)[O-])c2sc3ccccc3c(=O)c12.[Cl-]. The van der Waals surface area contributed by atoms with E-state index in [-0.39, 0.29) is 29.6 Å². The minimum atomic E-state index is -0.420. The van der Waals surface area contributed by atoms with E-state index in [1.165, 1.54) is 17.4 Å². The standard InChI is InChI=1S/C20H23N3O3S.ClH/c1-4-22(5-2)12-13(3)21-15-10-11-16(23(25)26)20-18(15)19(24)14-8-6-7-9-17(14)27-20;/h6-11,13,21H,4-5,12H2,1-3H3;1H/p-1. The minimum Gasteiger partial charge on any atom is -1.00 e. The fourth-order valence-corrected chi connectivity index (χ4v) is 4.52. The molecule has 0 aliphatic carbocycles. The summed E-state index contributed by atoms with van der Waals surface area (Å²) < 4.78 is 1.18. The molecule has 2 aromatic carbocycles. The molecule has 1 atom stereocenters. The Bertz CT molecular complexity index is 1050. The molecule has 0 bridgehead atoms. The predicted octanol–water partition coefficient (Wildman–Crippen LogP) is 1.47. The van der Waals surface area contributed by atoms with Gasteiger partial charge in [-0.15, -0.1) is 11.3 Å². The van der Waals surface area contributed by atoms with Crippen LogP contribution in [0.4, 0.5) is 11.4 Å². The highest BCUT2D eigenvalue weighted by Crippen LogP contribution is 2.35. The molecule has 0 radical (unpaired) electrons. The molecule has 0 aliphatic rings. The zero-order valence-electron chi connectivity index (χ0n) is 16.1. The van der Waals surface area contributed by atoms with Gasteiger partial charge in [-0.25, -0.2) is 0 Å². The normalized spacial score (nSPS) is 12.1. The first-order valence-corrected chi connectivity index (χ1v) is 9.89. The summed E-state index contributed by atoms with van der Waals surface area (Å²) in [6, 6.07) is 10.5. The molecule has 0 saturated carbocycles. The third kappa shape index (κ3) is 4.27. The van der Waals surface area contributed by atoms with Crippen molar-refractivity contribution in [3.05, 3.63) is 56.7 Å². The highest BCUT2D eigenvalue weighted by atomic mass is 35.5. The van der Waals surface area contributed by atoms with Crippen LogP contribution in [0, 0.1) is 10.1 Å². The molecule has 150 valence electrons. The average Bonchev–Trinajstić information content (AvgIpc) is 2.66. The lowest BCUT2D eigenvalue weighted by Crippen LogP contribution is -3.00. The van der Waals surface area contributed by atoms with Gasteiger partial charge in [-0.05, 0) is 38.2 Å². The molecular weight excluding hydrogens is 398 g/mol. The third-order valence-electron chi connectivity index (χ3n) is 4.73. The third-order valence-corrected chi connectivity index (χ3v) is 5.93. The van der Waals surface area contributed by atoms with Gasteiger partial charge in [-0.3, -0.25) is 14.9 Å². The van der Waals surface area contributed by atoms with E-state index in [9.17, 15) is 14.9 Å². The first kappa shape index (κ1) is 22.1. The van der Waals surface area contributed by atoms with Crippen LogP contribution in [0.25, 0.3) is 20.2 Å². The van der Waals surface area contributed by atoms with Crippen molar-refractivity contribution in [3.63, 3.8) is 0 Å². The number of anilines is 1. The van der Waals surface area contributed by atoms with Crippen LogP contribution in [0.3, 0.4) is 0 Å². The van der Waals surface area contributed by atoms with Gasteiger partial charge in [-0.1, -0.05) is 26.0 Å². The van der Waals surface area contributed by atoms with Crippen molar-refractivity contribution in [2.45, 2.75) is 26.8 Å². The number of rotatable bonds is 7. The van der Waals surface area contributed by atoms with Crippen LogP contribution in [0.2, 0.25) is 0 Å². The van der Waals surface area contributed by atoms with Gasteiger partial charge in [0.2, 0.25) is 0 Å². The summed E-state index contributed by atoms with van der Waals surface area (Å²) in [5.74, 6) is 0. The van der Waals surface area contributed by atoms with E-state index in [1.807, 2.05) is 18.2 Å². The Hall–Kier alpha value is -2.22. The largest absolute Gasteiger partial charge is 1.00 e. The van der Waals surface area contributed by atoms with Crippen LogP contribution >= 0.6 is 11.3 Å². The number of hydrogen-bond acceptors (Lipinski definition) is 6. The van der Waals surface area contributed by atoms with E-state index in [2.05, 4.69) is 31.0 Å². The number of hydrogen-bond donors (Lipinski definition) is 1. The van der Waals surface area contributed by atoms with Crippen molar-refractivity contribution in [1.82, 2.24) is 4.90 Å². The number of nitro groups is 1. The van der Waals surface area contributed by atoms with Crippen LogP contribution in [0.1, 0.15) is 20.8 Å². The number of halogens is 1. The van der Waals surface area contributed by atoms with Gasteiger partial charge in [0.25, 0.3) is 5.69 Å². The number of nitro benzene ring substituents is 1. The second-order valence-corrected chi connectivity index (χ2v) is 7.60. The molecule has 8 heteroatoms. The Kier molecular flexibility index (Phi) is 7.35. The van der Waals surface area contributed by atoms with Crippen molar-refractivity contribution in [2.24, 2.45) is 0 Å². The molecule has 3 aromatic rings. The predicted molar refractivity (Wildman–Crippen MR) is 113 cm³/mol. The van der Waals surface area contributed by atoms with E-state index in [1.54, 1.807) is 12.1 Å². The molecule has 0 fully saturated rings. The van der Waals surface area contributed by atoms with Crippen molar-refractivity contribution in [1.29, 1.82) is 0 Å². The number of nitrogens with zero attached hydrogens (tertiary/aromatic N) is 2. The first-order chi connectivity index (χ1) is 13.0. The molecular formula is C20H23ClN3O3S-. The zero-order valence-corrected chi connectivity index (χ0v) is 17.6. The Labute approximate surface area is 173 Å². The second-order valence-electron chi connectivity index (χ2n) is 6.55. The Morgan fingerprint density at radius 1 is 1.18 bits per heavy atom. The summed E-state index contributed by atoms with van der Waals surface area (Å²) in [5, 5.41) is 15.9. The van der Waals surface area contributed by atoms with Gasteiger partial charge in [0, 0.05) is 34.4 Å². The van der Waals surface area contributed by atoms with Gasteiger partial charge >= 0.3 is 0 Å². The van der Waals surface area contributed by atoms with Crippen molar-refractivity contribution in [2.75, 3.05) is 25.0 Å². The summed E-state index contributed by atoms with van der Waals surface area (Å²) in [6.07, 6.45) is 0. The number of non-ortho nitro benzene ring substituents is 1. The van der Waals surface area contributed by atoms with Gasteiger partial charge in [0.1, 0.15) is 4.70 Å². The van der Waals surface area contributed by atoms with Crippen LogP contribution < -0.4 is 23.2 Å². The lowest BCUT2D eigenvalue weighted by Gasteiger charge is -2.24. The average molecular weight is 421 g/mol. The Balaban J connectivity index is 0.00000280. The smallest absolute Gasteiger partial charge is 0.287 e. The van der Waals surface area contributed by atoms with E-state index in [0.717, 1.165) is 24.3 Å². The maximum atomic E-state index is 13.1. The molecule has 3 rings (SSSR count). The van der Waals surface area contributed by atoms with Crippen LogP contribution in [0.5, 0.6) is 0 Å². The molecule has 0 spiro atoms. The number of nitrogens with one attached hydrogen (secondary N) is 1. The Morgan fingerprint density at radius 2 is 1.86 bits per heavy atom. The van der Waals surface area contributed by atoms with Crippen molar-refractivity contribution < 1.29 is 17.3 Å². The molecule has 6 nitrogen and oxygen atoms in total. The molecule has 28 heavy (non-hydrogen) atoms. The quantitative estimate of drug-likeness (QED) is 0.356. The fraction of sp³-hybridized carbons (Fsp3) is 0.350. The van der Waals surface area contributed by atoms with Gasteiger partial charge in [0.15, 0.2) is 5.43 Å². The topological polar surface area (TPSA) is 75.5 Å². The van der Waals surface area contributed by atoms with E-state index < -0.39 is 4.92 Å². The second kappa shape index (κ2) is 9.32. The number of benzene rings is 2. The molecule has 1 N–H and O–H groups in total.